The van der Waals surface area contributed by atoms with E-state index < -0.39 is 11.3 Å². The van der Waals surface area contributed by atoms with Crippen LogP contribution in [-0.2, 0) is 0 Å². The van der Waals surface area contributed by atoms with E-state index in [-0.39, 0.29) is 11.6 Å². The number of likely N-dealkylation sites (N-methyl/N-ethyl adjacent to an activating group) is 1. The summed E-state index contributed by atoms with van der Waals surface area (Å²) in [4.78, 5) is 2.14. The first-order valence-corrected chi connectivity index (χ1v) is 8.58. The highest BCUT2D eigenvalue weighted by atomic mass is 15.1. The van der Waals surface area contributed by atoms with Crippen molar-refractivity contribution in [3.63, 3.8) is 0 Å². The first kappa shape index (κ1) is 17.7. The van der Waals surface area contributed by atoms with E-state index in [0.29, 0.717) is 12.1 Å². The van der Waals surface area contributed by atoms with Crippen molar-refractivity contribution < 1.29 is 0 Å². The lowest BCUT2D eigenvalue weighted by molar-refractivity contribution is 0.237. The lowest BCUT2D eigenvalue weighted by atomic mass is 9.57. The van der Waals surface area contributed by atoms with Crippen LogP contribution in [0.4, 0.5) is 0 Å². The molecule has 0 unspecified atom stereocenters. The molecule has 2 N–H and O–H groups in total. The summed E-state index contributed by atoms with van der Waals surface area (Å²) >= 11 is 0. The SMILES string of the molecule is Cc1ccc([C@@H]2[C@H]3CN(C)CC=C3C(C#N)=C(N)C2(C#N)C#N)c(C)c1. The van der Waals surface area contributed by atoms with E-state index in [1.165, 1.54) is 0 Å². The van der Waals surface area contributed by atoms with Crippen LogP contribution >= 0.6 is 0 Å². The van der Waals surface area contributed by atoms with Gasteiger partial charge in [-0.25, -0.2) is 0 Å². The number of hydrogen-bond acceptors (Lipinski definition) is 5. The van der Waals surface area contributed by atoms with E-state index >= 15 is 0 Å². The van der Waals surface area contributed by atoms with Crippen LogP contribution in [-0.4, -0.2) is 25.0 Å². The quantitative estimate of drug-likeness (QED) is 0.845. The summed E-state index contributed by atoms with van der Waals surface area (Å²) in [6.07, 6.45) is 2.01. The summed E-state index contributed by atoms with van der Waals surface area (Å²) in [5.41, 5.74) is 9.11. The summed E-state index contributed by atoms with van der Waals surface area (Å²) in [5.74, 6) is -0.541. The normalized spacial score (nSPS) is 24.7. The first-order chi connectivity index (χ1) is 12.4. The maximum Gasteiger partial charge on any atom is 0.191 e. The third kappa shape index (κ3) is 2.39. The standard InChI is InChI=1S/C21H21N5/c1-13-4-5-15(14(2)8-13)19-18-10-26(3)7-6-16(18)17(9-22)20(25)21(19,11-23)12-24/h4-6,8,18-19H,7,10,25H2,1-3H3/t18-,19+/m0/s1. The van der Waals surface area contributed by atoms with Gasteiger partial charge in [0.15, 0.2) is 5.41 Å². The van der Waals surface area contributed by atoms with Gasteiger partial charge in [0.2, 0.25) is 0 Å². The summed E-state index contributed by atoms with van der Waals surface area (Å²) in [6, 6.07) is 12.6. The van der Waals surface area contributed by atoms with Crippen molar-refractivity contribution in [1.29, 1.82) is 15.8 Å². The molecule has 1 aromatic carbocycles. The van der Waals surface area contributed by atoms with Gasteiger partial charge in [0.05, 0.1) is 23.4 Å². The van der Waals surface area contributed by atoms with Crippen molar-refractivity contribution in [3.8, 4) is 18.2 Å². The Morgan fingerprint density at radius 1 is 1.19 bits per heavy atom. The highest BCUT2D eigenvalue weighted by Crippen LogP contribution is 2.54. The molecule has 0 radical (unpaired) electrons. The van der Waals surface area contributed by atoms with Gasteiger partial charge in [-0.05, 0) is 37.6 Å². The smallest absolute Gasteiger partial charge is 0.191 e. The van der Waals surface area contributed by atoms with Gasteiger partial charge >= 0.3 is 0 Å². The maximum absolute atomic E-state index is 10.0. The van der Waals surface area contributed by atoms with Crippen molar-refractivity contribution in [1.82, 2.24) is 4.90 Å². The molecule has 130 valence electrons. The predicted molar refractivity (Wildman–Crippen MR) is 98.2 cm³/mol. The number of nitriles is 3. The average molecular weight is 343 g/mol. The van der Waals surface area contributed by atoms with Gasteiger partial charge in [0, 0.05) is 24.9 Å². The maximum atomic E-state index is 10.0. The molecular formula is C21H21N5. The Kier molecular flexibility index (Phi) is 4.33. The Balaban J connectivity index is 2.36. The molecule has 0 spiro atoms. The van der Waals surface area contributed by atoms with E-state index in [1.807, 2.05) is 39.1 Å². The van der Waals surface area contributed by atoms with Gasteiger partial charge in [-0.1, -0.05) is 29.8 Å². The molecule has 0 fully saturated rings. The van der Waals surface area contributed by atoms with Crippen LogP contribution in [0.15, 0.2) is 41.1 Å². The molecule has 5 nitrogen and oxygen atoms in total. The number of fused-ring (bicyclic) bond motifs is 1. The second-order valence-corrected chi connectivity index (χ2v) is 7.26. The van der Waals surface area contributed by atoms with E-state index in [1.54, 1.807) is 0 Å². The fraction of sp³-hybridized carbons (Fsp3) is 0.381. The summed E-state index contributed by atoms with van der Waals surface area (Å²) in [7, 11) is 2.00. The Morgan fingerprint density at radius 2 is 1.88 bits per heavy atom. The van der Waals surface area contributed by atoms with Gasteiger partial charge < -0.3 is 10.6 Å². The zero-order valence-corrected chi connectivity index (χ0v) is 15.2. The van der Waals surface area contributed by atoms with Crippen LogP contribution in [0.5, 0.6) is 0 Å². The number of benzene rings is 1. The third-order valence-corrected chi connectivity index (χ3v) is 5.61. The number of allylic oxidation sites excluding steroid dienone is 2. The van der Waals surface area contributed by atoms with Crippen LogP contribution in [0.3, 0.4) is 0 Å². The lowest BCUT2D eigenvalue weighted by Gasteiger charge is -2.45. The van der Waals surface area contributed by atoms with E-state index in [2.05, 4.69) is 29.2 Å². The molecule has 0 bridgehead atoms. The molecule has 2 atom stereocenters. The molecule has 0 saturated heterocycles. The fourth-order valence-corrected chi connectivity index (χ4v) is 4.34. The first-order valence-electron chi connectivity index (χ1n) is 8.58. The molecule has 5 heteroatoms. The topological polar surface area (TPSA) is 101 Å². The lowest BCUT2D eigenvalue weighted by Crippen LogP contribution is -2.47. The minimum absolute atomic E-state index is 0.0852. The van der Waals surface area contributed by atoms with Crippen molar-refractivity contribution in [3.05, 3.63) is 57.8 Å². The molecule has 26 heavy (non-hydrogen) atoms. The minimum atomic E-state index is -1.55. The molecule has 0 saturated carbocycles. The molecule has 3 rings (SSSR count). The zero-order chi connectivity index (χ0) is 19.1. The number of nitrogens with two attached hydrogens (primary N) is 1. The molecule has 1 heterocycles. The highest BCUT2D eigenvalue weighted by molar-refractivity contribution is 5.60. The third-order valence-electron chi connectivity index (χ3n) is 5.61. The molecule has 1 aromatic rings. The number of nitrogens with zero attached hydrogens (tertiary/aromatic N) is 4. The second-order valence-electron chi connectivity index (χ2n) is 7.26. The largest absolute Gasteiger partial charge is 0.399 e. The van der Waals surface area contributed by atoms with Crippen LogP contribution in [0.1, 0.15) is 22.6 Å². The number of aryl methyl sites for hydroxylation is 2. The highest BCUT2D eigenvalue weighted by Gasteiger charge is 2.54. The van der Waals surface area contributed by atoms with Crippen LogP contribution in [0.25, 0.3) is 0 Å². The molecule has 0 aromatic heterocycles. The minimum Gasteiger partial charge on any atom is -0.399 e. The van der Waals surface area contributed by atoms with E-state index in [4.69, 9.17) is 5.73 Å². The number of hydrogen-bond donors (Lipinski definition) is 1. The van der Waals surface area contributed by atoms with E-state index in [0.717, 1.165) is 28.8 Å². The Hall–Kier alpha value is -3.07. The van der Waals surface area contributed by atoms with Gasteiger partial charge in [-0.15, -0.1) is 0 Å². The summed E-state index contributed by atoms with van der Waals surface area (Å²) < 4.78 is 0. The molecule has 1 aliphatic carbocycles. The van der Waals surface area contributed by atoms with Gasteiger partial charge in [-0.2, -0.15) is 15.8 Å². The number of rotatable bonds is 1. The Morgan fingerprint density at radius 3 is 2.46 bits per heavy atom. The van der Waals surface area contributed by atoms with Crippen LogP contribution in [0.2, 0.25) is 0 Å². The molecular weight excluding hydrogens is 322 g/mol. The summed E-state index contributed by atoms with van der Waals surface area (Å²) in [5, 5.41) is 29.7. The average Bonchev–Trinajstić information content (AvgIpc) is 2.62. The Labute approximate surface area is 154 Å². The summed E-state index contributed by atoms with van der Waals surface area (Å²) in [6.45, 7) is 5.40. The Bertz CT molecular complexity index is 934. The van der Waals surface area contributed by atoms with Gasteiger partial charge in [0.25, 0.3) is 0 Å². The zero-order valence-electron chi connectivity index (χ0n) is 15.2. The van der Waals surface area contributed by atoms with Crippen LogP contribution < -0.4 is 5.73 Å². The van der Waals surface area contributed by atoms with Crippen molar-refractivity contribution in [2.45, 2.75) is 19.8 Å². The van der Waals surface area contributed by atoms with Crippen molar-refractivity contribution >= 4 is 0 Å². The fourth-order valence-electron chi connectivity index (χ4n) is 4.34. The van der Waals surface area contributed by atoms with Crippen LogP contribution in [0, 0.1) is 59.2 Å². The van der Waals surface area contributed by atoms with Gasteiger partial charge in [-0.3, -0.25) is 0 Å². The monoisotopic (exact) mass is 343 g/mol. The molecule has 1 aliphatic heterocycles. The molecule has 0 amide bonds. The predicted octanol–water partition coefficient (Wildman–Crippen LogP) is 2.66. The van der Waals surface area contributed by atoms with E-state index in [9.17, 15) is 15.8 Å². The van der Waals surface area contributed by atoms with Crippen molar-refractivity contribution in [2.24, 2.45) is 17.1 Å². The van der Waals surface area contributed by atoms with Gasteiger partial charge in [0.1, 0.15) is 6.07 Å². The van der Waals surface area contributed by atoms with Crippen molar-refractivity contribution in [2.75, 3.05) is 20.1 Å². The molecule has 2 aliphatic rings. The second kappa shape index (κ2) is 6.34.